The Labute approximate surface area is 146 Å². The van der Waals surface area contributed by atoms with Crippen molar-refractivity contribution in [3.8, 4) is 0 Å². The Bertz CT molecular complexity index is 775. The lowest BCUT2D eigenvalue weighted by molar-refractivity contribution is -0.126. The molecule has 2 heterocycles. The first-order valence-corrected chi connectivity index (χ1v) is 8.13. The molecule has 8 heteroatoms. The molecule has 3 amide bonds. The van der Waals surface area contributed by atoms with Crippen LogP contribution in [0.25, 0.3) is 0 Å². The van der Waals surface area contributed by atoms with Crippen LogP contribution >= 0.6 is 15.9 Å². The van der Waals surface area contributed by atoms with E-state index in [-0.39, 0.29) is 24.8 Å². The van der Waals surface area contributed by atoms with Crippen LogP contribution in [0.2, 0.25) is 0 Å². The van der Waals surface area contributed by atoms with Crippen LogP contribution in [-0.4, -0.2) is 29.3 Å². The number of H-pyrrole nitrogens is 1. The molecule has 1 aliphatic heterocycles. The first-order valence-electron chi connectivity index (χ1n) is 7.34. The van der Waals surface area contributed by atoms with Gasteiger partial charge in [-0.25, -0.2) is 0 Å². The van der Waals surface area contributed by atoms with Crippen LogP contribution in [0.1, 0.15) is 16.9 Å². The van der Waals surface area contributed by atoms with E-state index in [0.717, 1.165) is 10.2 Å². The fraction of sp³-hybridized carbons (Fsp3) is 0.188. The highest BCUT2D eigenvalue weighted by Crippen LogP contribution is 2.27. The molecule has 1 aliphatic rings. The molecular weight excluding hydrogens is 376 g/mol. The molecule has 1 aromatic heterocycles. The minimum absolute atomic E-state index is 0.108. The first kappa shape index (κ1) is 16.3. The summed E-state index contributed by atoms with van der Waals surface area (Å²) in [4.78, 5) is 40.4. The summed E-state index contributed by atoms with van der Waals surface area (Å²) in [6.45, 7) is 0.277. The van der Waals surface area contributed by atoms with Gasteiger partial charge >= 0.3 is 0 Å². The lowest BCUT2D eigenvalue weighted by Crippen LogP contribution is -2.45. The summed E-state index contributed by atoms with van der Waals surface area (Å²) in [6.07, 6.45) is 1.72. The van der Waals surface area contributed by atoms with E-state index >= 15 is 0 Å². The topological polar surface area (TPSA) is 94.3 Å². The van der Waals surface area contributed by atoms with Crippen LogP contribution in [0, 0.1) is 5.92 Å². The molecular formula is C16H15BrN4O3. The lowest BCUT2D eigenvalue weighted by Gasteiger charge is -2.17. The Morgan fingerprint density at radius 1 is 1.21 bits per heavy atom. The van der Waals surface area contributed by atoms with E-state index in [9.17, 15) is 14.4 Å². The monoisotopic (exact) mass is 390 g/mol. The van der Waals surface area contributed by atoms with Crippen LogP contribution < -0.4 is 15.8 Å². The molecule has 124 valence electrons. The fourth-order valence-electron chi connectivity index (χ4n) is 2.54. The Hall–Kier alpha value is -2.61. The minimum atomic E-state index is -0.513. The van der Waals surface area contributed by atoms with Crippen molar-refractivity contribution in [3.63, 3.8) is 0 Å². The summed E-state index contributed by atoms with van der Waals surface area (Å²) >= 11 is 3.37. The van der Waals surface area contributed by atoms with E-state index < -0.39 is 11.8 Å². The number of amides is 3. The van der Waals surface area contributed by atoms with Crippen molar-refractivity contribution in [1.82, 2.24) is 15.8 Å². The number of carbonyl (C=O) groups excluding carboxylic acids is 3. The Morgan fingerprint density at radius 3 is 2.75 bits per heavy atom. The number of nitrogens with zero attached hydrogens (tertiary/aromatic N) is 1. The number of hydrogen-bond donors (Lipinski definition) is 3. The summed E-state index contributed by atoms with van der Waals surface area (Å²) in [5.74, 6) is -1.47. The number of aromatic nitrogens is 1. The SMILES string of the molecule is O=C(NNC(=O)C1CC(=O)N(c2cccc(Br)c2)C1)c1ccc[nH]1. The molecule has 0 radical (unpaired) electrons. The molecule has 1 aromatic carbocycles. The standard InChI is InChI=1S/C16H15BrN4O3/c17-11-3-1-4-12(8-11)21-9-10(7-14(21)22)15(23)19-20-16(24)13-5-2-6-18-13/h1-6,8,10,18H,7,9H2,(H,19,23)(H,20,24). The zero-order chi connectivity index (χ0) is 17.1. The maximum Gasteiger partial charge on any atom is 0.286 e. The highest BCUT2D eigenvalue weighted by atomic mass is 79.9. The van der Waals surface area contributed by atoms with E-state index in [4.69, 9.17) is 0 Å². The summed E-state index contributed by atoms with van der Waals surface area (Å²) in [5, 5.41) is 0. The third kappa shape index (κ3) is 3.48. The van der Waals surface area contributed by atoms with Gasteiger partial charge in [0, 0.05) is 29.3 Å². The molecule has 1 unspecified atom stereocenters. The van der Waals surface area contributed by atoms with E-state index in [0.29, 0.717) is 5.69 Å². The van der Waals surface area contributed by atoms with Crippen LogP contribution in [0.3, 0.4) is 0 Å². The number of aromatic amines is 1. The molecule has 0 saturated carbocycles. The number of halogens is 1. The number of hydrogen-bond acceptors (Lipinski definition) is 3. The largest absolute Gasteiger partial charge is 0.357 e. The molecule has 24 heavy (non-hydrogen) atoms. The maximum absolute atomic E-state index is 12.2. The second-order valence-corrected chi connectivity index (χ2v) is 6.33. The van der Waals surface area contributed by atoms with Crippen molar-refractivity contribution in [2.45, 2.75) is 6.42 Å². The lowest BCUT2D eigenvalue weighted by atomic mass is 10.1. The molecule has 0 bridgehead atoms. The van der Waals surface area contributed by atoms with Gasteiger partial charge in [-0.2, -0.15) is 0 Å². The Morgan fingerprint density at radius 2 is 2.04 bits per heavy atom. The quantitative estimate of drug-likeness (QED) is 0.694. The predicted molar refractivity (Wildman–Crippen MR) is 91.0 cm³/mol. The fourth-order valence-corrected chi connectivity index (χ4v) is 2.92. The number of nitrogens with one attached hydrogen (secondary N) is 3. The van der Waals surface area contributed by atoms with Gasteiger partial charge in [0.15, 0.2) is 0 Å². The number of hydrazine groups is 1. The van der Waals surface area contributed by atoms with Gasteiger partial charge in [0.1, 0.15) is 5.69 Å². The first-order chi connectivity index (χ1) is 11.5. The molecule has 2 aromatic rings. The second-order valence-electron chi connectivity index (χ2n) is 5.41. The van der Waals surface area contributed by atoms with Crippen molar-refractivity contribution < 1.29 is 14.4 Å². The molecule has 0 spiro atoms. The highest BCUT2D eigenvalue weighted by Gasteiger charge is 2.35. The number of carbonyl (C=O) groups is 3. The van der Waals surface area contributed by atoms with Crippen molar-refractivity contribution in [2.24, 2.45) is 5.92 Å². The molecule has 1 atom stereocenters. The van der Waals surface area contributed by atoms with E-state index in [1.807, 2.05) is 24.3 Å². The van der Waals surface area contributed by atoms with Crippen molar-refractivity contribution in [1.29, 1.82) is 0 Å². The molecule has 3 rings (SSSR count). The van der Waals surface area contributed by atoms with E-state index in [2.05, 4.69) is 31.8 Å². The summed E-state index contributed by atoms with van der Waals surface area (Å²) < 4.78 is 0.860. The summed E-state index contributed by atoms with van der Waals surface area (Å²) in [6, 6.07) is 10.6. The van der Waals surface area contributed by atoms with Gasteiger partial charge < -0.3 is 9.88 Å². The van der Waals surface area contributed by atoms with Crippen LogP contribution in [0.5, 0.6) is 0 Å². The average molecular weight is 391 g/mol. The van der Waals surface area contributed by atoms with Gasteiger partial charge in [0.05, 0.1) is 5.92 Å². The number of benzene rings is 1. The predicted octanol–water partition coefficient (Wildman–Crippen LogP) is 1.59. The van der Waals surface area contributed by atoms with Gasteiger partial charge in [-0.05, 0) is 30.3 Å². The van der Waals surface area contributed by atoms with Crippen molar-refractivity contribution in [3.05, 3.63) is 52.8 Å². The van der Waals surface area contributed by atoms with Gasteiger partial charge in [-0.1, -0.05) is 22.0 Å². The van der Waals surface area contributed by atoms with Crippen LogP contribution in [0.4, 0.5) is 5.69 Å². The van der Waals surface area contributed by atoms with Gasteiger partial charge in [0.2, 0.25) is 11.8 Å². The van der Waals surface area contributed by atoms with Crippen molar-refractivity contribution in [2.75, 3.05) is 11.4 Å². The van der Waals surface area contributed by atoms with E-state index in [1.54, 1.807) is 23.2 Å². The van der Waals surface area contributed by atoms with Crippen LogP contribution in [0.15, 0.2) is 47.1 Å². The maximum atomic E-state index is 12.2. The zero-order valence-corrected chi connectivity index (χ0v) is 14.2. The molecule has 7 nitrogen and oxygen atoms in total. The second kappa shape index (κ2) is 6.88. The van der Waals surface area contributed by atoms with Gasteiger partial charge in [-0.15, -0.1) is 0 Å². The highest BCUT2D eigenvalue weighted by molar-refractivity contribution is 9.10. The third-order valence-electron chi connectivity index (χ3n) is 3.76. The summed E-state index contributed by atoms with van der Waals surface area (Å²) in [7, 11) is 0. The molecule has 1 saturated heterocycles. The Balaban J connectivity index is 1.59. The molecule has 1 fully saturated rings. The molecule has 0 aliphatic carbocycles. The van der Waals surface area contributed by atoms with Crippen LogP contribution in [-0.2, 0) is 9.59 Å². The normalized spacial score (nSPS) is 17.0. The number of rotatable bonds is 3. The zero-order valence-electron chi connectivity index (χ0n) is 12.6. The minimum Gasteiger partial charge on any atom is -0.357 e. The smallest absolute Gasteiger partial charge is 0.286 e. The average Bonchev–Trinajstić information content (AvgIpc) is 3.22. The number of anilines is 1. The third-order valence-corrected chi connectivity index (χ3v) is 4.25. The van der Waals surface area contributed by atoms with Gasteiger partial charge in [-0.3, -0.25) is 25.2 Å². The Kier molecular flexibility index (Phi) is 4.66. The summed E-state index contributed by atoms with van der Waals surface area (Å²) in [5.41, 5.74) is 5.78. The molecule has 3 N–H and O–H groups in total. The van der Waals surface area contributed by atoms with E-state index in [1.165, 1.54) is 0 Å². The van der Waals surface area contributed by atoms with Crippen molar-refractivity contribution >= 4 is 39.3 Å². The van der Waals surface area contributed by atoms with Gasteiger partial charge in [0.25, 0.3) is 5.91 Å².